The van der Waals surface area contributed by atoms with Crippen molar-refractivity contribution in [2.24, 2.45) is 0 Å². The Bertz CT molecular complexity index is 1160. The number of anilines is 3. The lowest BCUT2D eigenvalue weighted by Crippen LogP contribution is -2.61. The maximum atomic E-state index is 13.6. The Kier molecular flexibility index (Phi) is 3.51. The van der Waals surface area contributed by atoms with E-state index in [0.29, 0.717) is 33.2 Å². The number of halogens is 1. The fraction of sp³-hybridized carbons (Fsp3) is 0.0909. The third kappa shape index (κ3) is 2.20. The first kappa shape index (κ1) is 16.8. The summed E-state index contributed by atoms with van der Waals surface area (Å²) in [7, 11) is 0. The number of nitrogens with zero attached hydrogens (tertiary/aromatic N) is 1. The van der Waals surface area contributed by atoms with Gasteiger partial charge in [0, 0.05) is 27.6 Å². The van der Waals surface area contributed by atoms with Crippen molar-refractivity contribution in [1.29, 1.82) is 0 Å². The molecule has 0 bridgehead atoms. The predicted octanol–water partition coefficient (Wildman–Crippen LogP) is 4.53. The molecule has 0 radical (unpaired) electrons. The van der Waals surface area contributed by atoms with E-state index in [2.05, 4.69) is 10.6 Å². The Morgan fingerprint density at radius 3 is 2.57 bits per heavy atom. The fourth-order valence-electron chi connectivity index (χ4n) is 3.99. The molecule has 2 amide bonds. The number of rotatable bonds is 1. The molecule has 3 aromatic carbocycles. The molecule has 2 heterocycles. The number of amides is 2. The molecule has 0 saturated carbocycles. The second-order valence-corrected chi connectivity index (χ2v) is 7.44. The van der Waals surface area contributed by atoms with E-state index < -0.39 is 5.66 Å². The van der Waals surface area contributed by atoms with Gasteiger partial charge in [-0.3, -0.25) is 14.5 Å². The van der Waals surface area contributed by atoms with Crippen LogP contribution in [-0.4, -0.2) is 11.8 Å². The van der Waals surface area contributed by atoms with E-state index in [1.54, 1.807) is 30.3 Å². The van der Waals surface area contributed by atoms with Gasteiger partial charge in [-0.1, -0.05) is 35.9 Å². The van der Waals surface area contributed by atoms with E-state index >= 15 is 0 Å². The Morgan fingerprint density at radius 1 is 0.929 bits per heavy atom. The first-order chi connectivity index (χ1) is 13.5. The zero-order valence-electron chi connectivity index (χ0n) is 15.0. The van der Waals surface area contributed by atoms with E-state index in [0.717, 1.165) is 5.56 Å². The molecule has 1 atom stereocenters. The van der Waals surface area contributed by atoms with Gasteiger partial charge in [0.15, 0.2) is 0 Å². The van der Waals surface area contributed by atoms with Gasteiger partial charge in [-0.25, -0.2) is 0 Å². The molecule has 0 aliphatic carbocycles. The van der Waals surface area contributed by atoms with Gasteiger partial charge in [-0.05, 0) is 55.0 Å². The number of carbonyl (C=O) groups excluding carboxylic acids is 2. The van der Waals surface area contributed by atoms with Crippen LogP contribution in [0.3, 0.4) is 0 Å². The van der Waals surface area contributed by atoms with Crippen LogP contribution >= 0.6 is 11.6 Å². The van der Waals surface area contributed by atoms with Gasteiger partial charge in [0.2, 0.25) is 5.66 Å². The van der Waals surface area contributed by atoms with Gasteiger partial charge in [0.05, 0.1) is 5.56 Å². The Morgan fingerprint density at radius 2 is 1.75 bits per heavy atom. The molecule has 0 aromatic heterocycles. The normalized spacial score (nSPS) is 19.9. The van der Waals surface area contributed by atoms with Crippen LogP contribution in [0.1, 0.15) is 21.5 Å². The lowest BCUT2D eigenvalue weighted by Gasteiger charge is -2.44. The minimum atomic E-state index is -1.42. The molecule has 2 aliphatic heterocycles. The molecule has 138 valence electrons. The monoisotopic (exact) mass is 389 g/mol. The first-order valence-corrected chi connectivity index (χ1v) is 9.28. The van der Waals surface area contributed by atoms with Gasteiger partial charge < -0.3 is 10.6 Å². The SMILES string of the molecule is Cc1cccc(N2C(=O)c3ccccc3NC23C(=O)Nc2ccc(Cl)cc23)c1. The Hall–Kier alpha value is -3.31. The Labute approximate surface area is 166 Å². The third-order valence-electron chi connectivity index (χ3n) is 5.22. The molecule has 1 unspecified atom stereocenters. The van der Waals surface area contributed by atoms with Crippen molar-refractivity contribution in [2.75, 3.05) is 15.5 Å². The van der Waals surface area contributed by atoms with Crippen LogP contribution in [0.25, 0.3) is 0 Å². The summed E-state index contributed by atoms with van der Waals surface area (Å²) in [6.07, 6.45) is 0. The third-order valence-corrected chi connectivity index (χ3v) is 5.45. The van der Waals surface area contributed by atoms with Crippen molar-refractivity contribution in [1.82, 2.24) is 0 Å². The highest BCUT2D eigenvalue weighted by Gasteiger charge is 2.57. The molecular formula is C22H16ClN3O2. The van der Waals surface area contributed by atoms with Crippen LogP contribution in [0.5, 0.6) is 0 Å². The van der Waals surface area contributed by atoms with Gasteiger partial charge in [-0.2, -0.15) is 0 Å². The number of nitrogens with one attached hydrogen (secondary N) is 2. The molecule has 0 saturated heterocycles. The average Bonchev–Trinajstić information content (AvgIpc) is 2.94. The van der Waals surface area contributed by atoms with Gasteiger partial charge in [-0.15, -0.1) is 0 Å². The predicted molar refractivity (Wildman–Crippen MR) is 110 cm³/mol. The lowest BCUT2D eigenvalue weighted by atomic mass is 9.92. The van der Waals surface area contributed by atoms with Crippen LogP contribution < -0.4 is 15.5 Å². The molecule has 2 N–H and O–H groups in total. The number of para-hydroxylation sites is 1. The number of fused-ring (bicyclic) bond motifs is 3. The minimum Gasteiger partial charge on any atom is -0.350 e. The van der Waals surface area contributed by atoms with Crippen LogP contribution in [0.15, 0.2) is 66.7 Å². The summed E-state index contributed by atoms with van der Waals surface area (Å²) in [4.78, 5) is 28.5. The molecule has 2 aliphatic rings. The van der Waals surface area contributed by atoms with E-state index in [-0.39, 0.29) is 11.8 Å². The van der Waals surface area contributed by atoms with Crippen molar-refractivity contribution in [3.05, 3.63) is 88.4 Å². The highest BCUT2D eigenvalue weighted by atomic mass is 35.5. The van der Waals surface area contributed by atoms with E-state index in [1.807, 2.05) is 43.3 Å². The highest BCUT2D eigenvalue weighted by Crippen LogP contribution is 2.47. The number of carbonyl (C=O) groups is 2. The summed E-state index contributed by atoms with van der Waals surface area (Å²) in [5, 5.41) is 6.73. The van der Waals surface area contributed by atoms with E-state index in [9.17, 15) is 9.59 Å². The summed E-state index contributed by atoms with van der Waals surface area (Å²) in [6.45, 7) is 1.95. The van der Waals surface area contributed by atoms with Crippen molar-refractivity contribution >= 4 is 40.5 Å². The summed E-state index contributed by atoms with van der Waals surface area (Å²) in [6, 6.07) is 20.0. The summed E-state index contributed by atoms with van der Waals surface area (Å²) < 4.78 is 0. The van der Waals surface area contributed by atoms with Gasteiger partial charge in [0.1, 0.15) is 0 Å². The summed E-state index contributed by atoms with van der Waals surface area (Å²) in [5.41, 5.74) is 2.58. The zero-order chi connectivity index (χ0) is 19.5. The Balaban J connectivity index is 1.84. The lowest BCUT2D eigenvalue weighted by molar-refractivity contribution is -0.119. The van der Waals surface area contributed by atoms with Crippen LogP contribution in [0.4, 0.5) is 17.1 Å². The number of aryl methyl sites for hydroxylation is 1. The van der Waals surface area contributed by atoms with E-state index in [1.165, 1.54) is 4.90 Å². The second-order valence-electron chi connectivity index (χ2n) is 7.00. The van der Waals surface area contributed by atoms with Crippen molar-refractivity contribution in [3.63, 3.8) is 0 Å². The van der Waals surface area contributed by atoms with Crippen molar-refractivity contribution in [3.8, 4) is 0 Å². The zero-order valence-corrected chi connectivity index (χ0v) is 15.7. The van der Waals surface area contributed by atoms with Gasteiger partial charge in [0.25, 0.3) is 11.8 Å². The smallest absolute Gasteiger partial charge is 0.276 e. The van der Waals surface area contributed by atoms with Crippen LogP contribution in [-0.2, 0) is 10.5 Å². The maximum Gasteiger partial charge on any atom is 0.276 e. The van der Waals surface area contributed by atoms with Crippen LogP contribution in [0.2, 0.25) is 5.02 Å². The number of hydrogen-bond donors (Lipinski definition) is 2. The average molecular weight is 390 g/mol. The largest absolute Gasteiger partial charge is 0.350 e. The maximum absolute atomic E-state index is 13.6. The minimum absolute atomic E-state index is 0.247. The quantitative estimate of drug-likeness (QED) is 0.643. The number of benzene rings is 3. The molecule has 5 nitrogen and oxygen atoms in total. The molecule has 1 spiro atoms. The second kappa shape index (κ2) is 5.84. The van der Waals surface area contributed by atoms with E-state index in [4.69, 9.17) is 11.6 Å². The molecule has 5 rings (SSSR count). The van der Waals surface area contributed by atoms with Crippen LogP contribution in [0, 0.1) is 6.92 Å². The summed E-state index contributed by atoms with van der Waals surface area (Å²) >= 11 is 6.26. The standard InChI is InChI=1S/C22H16ClN3O2/c1-13-5-4-6-15(11-13)26-20(27)16-7-2-3-8-18(16)25-22(26)17-12-14(23)9-10-19(17)24-21(22)28/h2-12,25H,1H3,(H,24,28). The van der Waals surface area contributed by atoms with Crippen molar-refractivity contribution in [2.45, 2.75) is 12.6 Å². The number of hydrogen-bond acceptors (Lipinski definition) is 3. The topological polar surface area (TPSA) is 61.4 Å². The van der Waals surface area contributed by atoms with Gasteiger partial charge >= 0.3 is 0 Å². The molecular weight excluding hydrogens is 374 g/mol. The molecule has 0 fully saturated rings. The fourth-order valence-corrected chi connectivity index (χ4v) is 4.16. The molecule has 3 aromatic rings. The molecule has 6 heteroatoms. The van der Waals surface area contributed by atoms with Crippen molar-refractivity contribution < 1.29 is 9.59 Å². The molecule has 28 heavy (non-hydrogen) atoms. The highest BCUT2D eigenvalue weighted by molar-refractivity contribution is 6.31. The first-order valence-electron chi connectivity index (χ1n) is 8.90. The summed E-state index contributed by atoms with van der Waals surface area (Å²) in [5.74, 6) is -0.572.